The quantitative estimate of drug-likeness (QED) is 0.805. The Morgan fingerprint density at radius 2 is 1.97 bits per heavy atom. The molecule has 0 aliphatic carbocycles. The van der Waals surface area contributed by atoms with Gasteiger partial charge in [-0.3, -0.25) is 9.78 Å². The molecule has 1 amide bonds. The van der Waals surface area contributed by atoms with Crippen molar-refractivity contribution in [3.8, 4) is 0 Å². The van der Waals surface area contributed by atoms with Gasteiger partial charge in [0, 0.05) is 49.2 Å². The number of nitrogens with one attached hydrogen (secondary N) is 1. The number of halogens is 3. The molecule has 10 heteroatoms. The number of hydrogen-bond donors (Lipinski definition) is 1. The van der Waals surface area contributed by atoms with Gasteiger partial charge in [0.25, 0.3) is 5.91 Å². The second-order valence-corrected chi connectivity index (χ2v) is 8.79. The van der Waals surface area contributed by atoms with Crippen LogP contribution in [0.1, 0.15) is 39.5 Å². The standard InChI is InChI=1S/C19H20F3N5OS/c20-19(21,22)16-4-1-11(7-24-16)17(28)26-6-5-14-15(10-26)29-18(25-14)27-12-2-3-13(27)9-23-8-12/h1,4,7,12-13,23H,2-3,5-6,8-10H2. The van der Waals surface area contributed by atoms with E-state index in [0.717, 1.165) is 41.1 Å². The highest BCUT2D eigenvalue weighted by atomic mass is 32.1. The van der Waals surface area contributed by atoms with Crippen molar-refractivity contribution >= 4 is 22.4 Å². The summed E-state index contributed by atoms with van der Waals surface area (Å²) in [6, 6.07) is 3.02. The molecule has 6 nitrogen and oxygen atoms in total. The zero-order valence-corrected chi connectivity index (χ0v) is 16.4. The number of aromatic nitrogens is 2. The van der Waals surface area contributed by atoms with Crippen molar-refractivity contribution in [1.82, 2.24) is 20.2 Å². The Labute approximate surface area is 169 Å². The molecular weight excluding hydrogens is 403 g/mol. The minimum atomic E-state index is -4.51. The Balaban J connectivity index is 1.32. The van der Waals surface area contributed by atoms with E-state index >= 15 is 0 Å². The summed E-state index contributed by atoms with van der Waals surface area (Å²) >= 11 is 1.64. The van der Waals surface area contributed by atoms with Crippen molar-refractivity contribution in [2.45, 2.75) is 44.1 Å². The van der Waals surface area contributed by atoms with Crippen LogP contribution in [-0.4, -0.2) is 52.5 Å². The lowest BCUT2D eigenvalue weighted by Gasteiger charge is -2.35. The summed E-state index contributed by atoms with van der Waals surface area (Å²) in [5.41, 5.74) is 0.219. The maximum absolute atomic E-state index is 12.8. The number of nitrogens with zero attached hydrogens (tertiary/aromatic N) is 4. The molecular formula is C19H20F3N5OS. The summed E-state index contributed by atoms with van der Waals surface area (Å²) in [7, 11) is 0. The number of carbonyl (C=O) groups is 1. The number of carbonyl (C=O) groups excluding carboxylic acids is 1. The van der Waals surface area contributed by atoms with Crippen molar-refractivity contribution in [2.75, 3.05) is 24.5 Å². The van der Waals surface area contributed by atoms with Crippen LogP contribution in [0.15, 0.2) is 18.3 Å². The van der Waals surface area contributed by atoms with Gasteiger partial charge in [-0.15, -0.1) is 0 Å². The van der Waals surface area contributed by atoms with E-state index in [9.17, 15) is 18.0 Å². The first-order chi connectivity index (χ1) is 13.9. The normalized spacial score (nSPS) is 24.0. The van der Waals surface area contributed by atoms with Crippen LogP contribution >= 0.6 is 11.3 Å². The third-order valence-electron chi connectivity index (χ3n) is 5.91. The van der Waals surface area contributed by atoms with Crippen molar-refractivity contribution in [2.24, 2.45) is 0 Å². The van der Waals surface area contributed by atoms with Gasteiger partial charge >= 0.3 is 6.18 Å². The predicted molar refractivity (Wildman–Crippen MR) is 102 cm³/mol. The Bertz CT molecular complexity index is 913. The number of anilines is 1. The van der Waals surface area contributed by atoms with Crippen LogP contribution in [0.25, 0.3) is 0 Å². The van der Waals surface area contributed by atoms with Gasteiger partial charge in [0.05, 0.1) is 17.8 Å². The van der Waals surface area contributed by atoms with Gasteiger partial charge in [0.15, 0.2) is 5.13 Å². The van der Waals surface area contributed by atoms with Crippen LogP contribution in [0.2, 0.25) is 0 Å². The monoisotopic (exact) mass is 423 g/mol. The van der Waals surface area contributed by atoms with E-state index < -0.39 is 11.9 Å². The molecule has 3 aliphatic rings. The Morgan fingerprint density at radius 3 is 2.62 bits per heavy atom. The lowest BCUT2D eigenvalue weighted by molar-refractivity contribution is -0.141. The predicted octanol–water partition coefficient (Wildman–Crippen LogP) is 2.70. The largest absolute Gasteiger partial charge is 0.433 e. The highest BCUT2D eigenvalue weighted by Gasteiger charge is 2.39. The molecule has 1 N–H and O–H groups in total. The maximum atomic E-state index is 12.8. The number of pyridine rings is 1. The smallest absolute Gasteiger partial charge is 0.340 e. The molecule has 5 rings (SSSR count). The number of amides is 1. The molecule has 2 aromatic heterocycles. The SMILES string of the molecule is O=C(c1ccc(C(F)(F)F)nc1)N1CCc2nc(N3C4CCC3CNC4)sc2C1. The summed E-state index contributed by atoms with van der Waals surface area (Å²) in [6.07, 6.45) is -0.491. The minimum absolute atomic E-state index is 0.173. The number of hydrogen-bond acceptors (Lipinski definition) is 6. The number of piperazine rings is 1. The van der Waals surface area contributed by atoms with Crippen LogP contribution < -0.4 is 10.2 Å². The third kappa shape index (κ3) is 3.38. The average Bonchev–Trinajstić information content (AvgIpc) is 3.23. The van der Waals surface area contributed by atoms with E-state index in [4.69, 9.17) is 4.98 Å². The van der Waals surface area contributed by atoms with Crippen molar-refractivity contribution < 1.29 is 18.0 Å². The van der Waals surface area contributed by atoms with Crippen LogP contribution in [0.5, 0.6) is 0 Å². The molecule has 2 unspecified atom stereocenters. The van der Waals surface area contributed by atoms with Gasteiger partial charge in [0.2, 0.25) is 0 Å². The van der Waals surface area contributed by atoms with E-state index in [1.54, 1.807) is 16.2 Å². The summed E-state index contributed by atoms with van der Waals surface area (Å²) in [5, 5.41) is 4.50. The summed E-state index contributed by atoms with van der Waals surface area (Å²) in [6.45, 7) is 2.90. The molecule has 0 aromatic carbocycles. The van der Waals surface area contributed by atoms with Crippen LogP contribution in [-0.2, 0) is 19.1 Å². The number of thiazole rings is 1. The molecule has 29 heavy (non-hydrogen) atoms. The fraction of sp³-hybridized carbons (Fsp3) is 0.526. The molecule has 2 aromatic rings. The van der Waals surface area contributed by atoms with Gasteiger partial charge < -0.3 is 15.1 Å². The third-order valence-corrected chi connectivity index (χ3v) is 7.00. The molecule has 2 atom stereocenters. The van der Waals surface area contributed by atoms with E-state index in [1.807, 2.05) is 0 Å². The molecule has 2 fully saturated rings. The summed E-state index contributed by atoms with van der Waals surface area (Å²) < 4.78 is 38.1. The first-order valence-electron chi connectivity index (χ1n) is 9.70. The van der Waals surface area contributed by atoms with Crippen molar-refractivity contribution in [3.63, 3.8) is 0 Å². The van der Waals surface area contributed by atoms with Gasteiger partial charge in [0.1, 0.15) is 5.69 Å². The zero-order valence-electron chi connectivity index (χ0n) is 15.6. The van der Waals surface area contributed by atoms with E-state index in [2.05, 4.69) is 15.2 Å². The molecule has 0 radical (unpaired) electrons. The van der Waals surface area contributed by atoms with Gasteiger partial charge in [-0.1, -0.05) is 11.3 Å². The fourth-order valence-electron chi connectivity index (χ4n) is 4.43. The van der Waals surface area contributed by atoms with Crippen molar-refractivity contribution in [1.29, 1.82) is 0 Å². The summed E-state index contributed by atoms with van der Waals surface area (Å²) in [5.74, 6) is -0.297. The second-order valence-electron chi connectivity index (χ2n) is 7.72. The molecule has 154 valence electrons. The lowest BCUT2D eigenvalue weighted by Crippen LogP contribution is -2.51. The lowest BCUT2D eigenvalue weighted by atomic mass is 10.1. The highest BCUT2D eigenvalue weighted by Crippen LogP contribution is 2.38. The first kappa shape index (κ1) is 18.8. The Hall–Kier alpha value is -2.20. The van der Waals surface area contributed by atoms with Crippen LogP contribution in [0, 0.1) is 0 Å². The first-order valence-corrected chi connectivity index (χ1v) is 10.5. The van der Waals surface area contributed by atoms with Gasteiger partial charge in [-0.05, 0) is 25.0 Å². The average molecular weight is 423 g/mol. The number of alkyl halides is 3. The topological polar surface area (TPSA) is 61.4 Å². The van der Waals surface area contributed by atoms with Crippen LogP contribution in [0.3, 0.4) is 0 Å². The molecule has 2 saturated heterocycles. The summed E-state index contributed by atoms with van der Waals surface area (Å²) in [4.78, 5) is 26.2. The van der Waals surface area contributed by atoms with Gasteiger partial charge in [-0.25, -0.2) is 4.98 Å². The maximum Gasteiger partial charge on any atom is 0.433 e. The van der Waals surface area contributed by atoms with Crippen molar-refractivity contribution in [3.05, 3.63) is 40.2 Å². The second kappa shape index (κ2) is 6.94. The van der Waals surface area contributed by atoms with Gasteiger partial charge in [-0.2, -0.15) is 13.2 Å². The van der Waals surface area contributed by atoms with E-state index in [0.29, 0.717) is 31.6 Å². The number of rotatable bonds is 2. The van der Waals surface area contributed by atoms with E-state index in [-0.39, 0.29) is 11.5 Å². The molecule has 0 spiro atoms. The Kier molecular flexibility index (Phi) is 4.50. The zero-order chi connectivity index (χ0) is 20.2. The Morgan fingerprint density at radius 1 is 1.21 bits per heavy atom. The fourth-order valence-corrected chi connectivity index (χ4v) is 5.69. The van der Waals surface area contributed by atoms with E-state index in [1.165, 1.54) is 18.9 Å². The number of fused-ring (bicyclic) bond motifs is 3. The minimum Gasteiger partial charge on any atom is -0.340 e. The molecule has 2 bridgehead atoms. The molecule has 3 aliphatic heterocycles. The molecule has 5 heterocycles. The highest BCUT2D eigenvalue weighted by molar-refractivity contribution is 7.15. The van der Waals surface area contributed by atoms with Crippen LogP contribution in [0.4, 0.5) is 18.3 Å². The molecule has 0 saturated carbocycles.